The molecule has 0 aliphatic rings. The van der Waals surface area contributed by atoms with Crippen LogP contribution in [0.4, 0.5) is 0 Å². The summed E-state index contributed by atoms with van der Waals surface area (Å²) in [5.41, 5.74) is 3.15. The fraction of sp³-hybridized carbons (Fsp3) is 0.286. The summed E-state index contributed by atoms with van der Waals surface area (Å²) in [5, 5.41) is 28.7. The summed E-state index contributed by atoms with van der Waals surface area (Å²) in [6.07, 6.45) is -0.346. The normalized spacial score (nSPS) is 12.1. The topological polar surface area (TPSA) is 107 Å². The average molecular weight is 397 g/mol. The Bertz CT molecular complexity index is 981. The SMILES string of the molecule is C=C(C)C(=O)OCC(O)COCCc1ccc(O)c(-n2nc3ccccc3n2)c1. The van der Waals surface area contributed by atoms with E-state index in [9.17, 15) is 15.0 Å². The third-order valence-corrected chi connectivity index (χ3v) is 4.14. The minimum absolute atomic E-state index is 0.0422. The van der Waals surface area contributed by atoms with E-state index in [1.54, 1.807) is 25.1 Å². The van der Waals surface area contributed by atoms with Crippen LogP contribution in [-0.2, 0) is 20.7 Å². The molecule has 3 rings (SSSR count). The molecule has 1 unspecified atom stereocenters. The average Bonchev–Trinajstić information content (AvgIpc) is 3.14. The Morgan fingerprint density at radius 2 is 1.86 bits per heavy atom. The molecule has 0 amide bonds. The molecule has 8 nitrogen and oxygen atoms in total. The Morgan fingerprint density at radius 3 is 2.52 bits per heavy atom. The number of aromatic nitrogens is 3. The number of carbonyl (C=O) groups is 1. The van der Waals surface area contributed by atoms with Crippen LogP contribution in [0.5, 0.6) is 5.75 Å². The molecule has 0 bridgehead atoms. The molecule has 2 N–H and O–H groups in total. The number of aliphatic hydroxyl groups excluding tert-OH is 1. The van der Waals surface area contributed by atoms with Gasteiger partial charge in [-0.15, -0.1) is 15.0 Å². The first-order valence-electron chi connectivity index (χ1n) is 9.17. The third kappa shape index (κ3) is 5.40. The molecule has 3 aromatic rings. The summed E-state index contributed by atoms with van der Waals surface area (Å²) in [5.74, 6) is -0.467. The second-order valence-electron chi connectivity index (χ2n) is 6.66. The van der Waals surface area contributed by atoms with E-state index < -0.39 is 12.1 Å². The number of esters is 1. The molecule has 1 heterocycles. The van der Waals surface area contributed by atoms with Crippen LogP contribution in [0.25, 0.3) is 16.7 Å². The fourth-order valence-electron chi connectivity index (χ4n) is 2.60. The summed E-state index contributed by atoms with van der Waals surface area (Å²) in [7, 11) is 0. The Kier molecular flexibility index (Phi) is 6.58. The Morgan fingerprint density at radius 1 is 1.17 bits per heavy atom. The van der Waals surface area contributed by atoms with Crippen molar-refractivity contribution in [1.29, 1.82) is 0 Å². The molecule has 0 radical (unpaired) electrons. The lowest BCUT2D eigenvalue weighted by atomic mass is 10.1. The van der Waals surface area contributed by atoms with Gasteiger partial charge >= 0.3 is 5.97 Å². The van der Waals surface area contributed by atoms with Crippen LogP contribution in [0.3, 0.4) is 0 Å². The predicted molar refractivity (Wildman–Crippen MR) is 107 cm³/mol. The van der Waals surface area contributed by atoms with Crippen molar-refractivity contribution in [2.24, 2.45) is 0 Å². The molecule has 1 aromatic heterocycles. The van der Waals surface area contributed by atoms with Crippen LogP contribution in [0.2, 0.25) is 0 Å². The van der Waals surface area contributed by atoms with E-state index in [1.807, 2.05) is 24.3 Å². The highest BCUT2D eigenvalue weighted by Crippen LogP contribution is 2.23. The number of phenolic OH excluding ortho intramolecular Hbond substituents is 1. The quantitative estimate of drug-likeness (QED) is 0.324. The van der Waals surface area contributed by atoms with Crippen molar-refractivity contribution in [2.75, 3.05) is 19.8 Å². The fourth-order valence-corrected chi connectivity index (χ4v) is 2.60. The minimum Gasteiger partial charge on any atom is -0.506 e. The predicted octanol–water partition coefficient (Wildman–Crippen LogP) is 2.17. The molecule has 0 saturated carbocycles. The van der Waals surface area contributed by atoms with Crippen molar-refractivity contribution in [3.05, 3.63) is 60.2 Å². The number of aliphatic hydroxyl groups is 1. The van der Waals surface area contributed by atoms with Crippen LogP contribution in [0, 0.1) is 0 Å². The van der Waals surface area contributed by atoms with Crippen molar-refractivity contribution in [1.82, 2.24) is 15.0 Å². The van der Waals surface area contributed by atoms with Crippen molar-refractivity contribution < 1.29 is 24.5 Å². The molecule has 2 aromatic carbocycles. The number of rotatable bonds is 9. The zero-order valence-corrected chi connectivity index (χ0v) is 16.1. The van der Waals surface area contributed by atoms with Crippen LogP contribution < -0.4 is 0 Å². The smallest absolute Gasteiger partial charge is 0.333 e. The number of nitrogens with zero attached hydrogens (tertiary/aromatic N) is 3. The molecule has 0 fully saturated rings. The molecule has 29 heavy (non-hydrogen) atoms. The Labute approximate surface area is 168 Å². The van der Waals surface area contributed by atoms with Gasteiger partial charge < -0.3 is 19.7 Å². The van der Waals surface area contributed by atoms with E-state index in [-0.39, 0.29) is 24.5 Å². The number of hydrogen-bond donors (Lipinski definition) is 2. The second kappa shape index (κ2) is 9.31. The van der Waals surface area contributed by atoms with Crippen LogP contribution in [0.1, 0.15) is 12.5 Å². The van der Waals surface area contributed by atoms with Crippen LogP contribution in [-0.4, -0.2) is 57.1 Å². The molecule has 152 valence electrons. The molecule has 0 saturated heterocycles. The van der Waals surface area contributed by atoms with Gasteiger partial charge in [0.15, 0.2) is 0 Å². The van der Waals surface area contributed by atoms with Gasteiger partial charge in [0.25, 0.3) is 0 Å². The van der Waals surface area contributed by atoms with E-state index >= 15 is 0 Å². The van der Waals surface area contributed by atoms with Gasteiger partial charge in [-0.1, -0.05) is 24.8 Å². The highest BCUT2D eigenvalue weighted by molar-refractivity contribution is 5.86. The van der Waals surface area contributed by atoms with Gasteiger partial charge in [0, 0.05) is 5.57 Å². The van der Waals surface area contributed by atoms with Gasteiger partial charge in [0.1, 0.15) is 35.2 Å². The lowest BCUT2D eigenvalue weighted by molar-refractivity contribution is -0.143. The number of carbonyl (C=O) groups excluding carboxylic acids is 1. The zero-order chi connectivity index (χ0) is 20.8. The van der Waals surface area contributed by atoms with Crippen molar-refractivity contribution in [3.8, 4) is 11.4 Å². The van der Waals surface area contributed by atoms with E-state index in [0.717, 1.165) is 16.6 Å². The maximum Gasteiger partial charge on any atom is 0.333 e. The summed E-state index contributed by atoms with van der Waals surface area (Å²) in [6, 6.07) is 12.6. The molecule has 8 heteroatoms. The summed E-state index contributed by atoms with van der Waals surface area (Å²) >= 11 is 0. The Hall–Kier alpha value is -3.23. The van der Waals surface area contributed by atoms with Crippen LogP contribution >= 0.6 is 0 Å². The summed E-state index contributed by atoms with van der Waals surface area (Å²) in [6.45, 7) is 5.26. The molecule has 0 spiro atoms. The lowest BCUT2D eigenvalue weighted by Gasteiger charge is -2.12. The second-order valence-corrected chi connectivity index (χ2v) is 6.66. The molecule has 1 atom stereocenters. The molecule has 0 aliphatic heterocycles. The standard InChI is InChI=1S/C21H23N3O5/c1-14(2)21(27)29-13-16(25)12-28-10-9-15-7-8-20(26)19(11-15)24-22-17-5-3-4-6-18(17)23-24/h3-8,11,16,25-26H,1,9-10,12-13H2,2H3. The first kappa shape index (κ1) is 20.5. The third-order valence-electron chi connectivity index (χ3n) is 4.14. The number of fused-ring (bicyclic) bond motifs is 1. The summed E-state index contributed by atoms with van der Waals surface area (Å²) in [4.78, 5) is 12.7. The van der Waals surface area contributed by atoms with Gasteiger partial charge in [-0.05, 0) is 43.2 Å². The summed E-state index contributed by atoms with van der Waals surface area (Å²) < 4.78 is 10.3. The number of benzene rings is 2. The number of hydrogen-bond acceptors (Lipinski definition) is 7. The Balaban J connectivity index is 1.54. The largest absolute Gasteiger partial charge is 0.506 e. The van der Waals surface area contributed by atoms with E-state index in [2.05, 4.69) is 16.8 Å². The van der Waals surface area contributed by atoms with E-state index in [4.69, 9.17) is 9.47 Å². The van der Waals surface area contributed by atoms with Crippen molar-refractivity contribution >= 4 is 17.0 Å². The molecule has 0 aliphatic carbocycles. The van der Waals surface area contributed by atoms with Gasteiger partial charge in [-0.2, -0.15) is 0 Å². The molecular formula is C21H23N3O5. The number of phenols is 1. The highest BCUT2D eigenvalue weighted by Gasteiger charge is 2.11. The minimum atomic E-state index is -0.908. The van der Waals surface area contributed by atoms with Crippen LogP contribution in [0.15, 0.2) is 54.6 Å². The highest BCUT2D eigenvalue weighted by atomic mass is 16.5. The van der Waals surface area contributed by atoms with Gasteiger partial charge in [0.05, 0.1) is 13.2 Å². The maximum atomic E-state index is 11.3. The van der Waals surface area contributed by atoms with Crippen molar-refractivity contribution in [2.45, 2.75) is 19.4 Å². The lowest BCUT2D eigenvalue weighted by Crippen LogP contribution is -2.24. The van der Waals surface area contributed by atoms with Gasteiger partial charge in [0.2, 0.25) is 0 Å². The van der Waals surface area contributed by atoms with E-state index in [1.165, 1.54) is 4.80 Å². The van der Waals surface area contributed by atoms with E-state index in [0.29, 0.717) is 18.7 Å². The molecular weight excluding hydrogens is 374 g/mol. The van der Waals surface area contributed by atoms with Gasteiger partial charge in [-0.3, -0.25) is 0 Å². The van der Waals surface area contributed by atoms with Crippen molar-refractivity contribution in [3.63, 3.8) is 0 Å². The maximum absolute atomic E-state index is 11.3. The first-order valence-corrected chi connectivity index (χ1v) is 9.17. The number of ether oxygens (including phenoxy) is 2. The number of aromatic hydroxyl groups is 1. The first-order chi connectivity index (χ1) is 13.9. The van der Waals surface area contributed by atoms with Gasteiger partial charge in [-0.25, -0.2) is 4.79 Å². The zero-order valence-electron chi connectivity index (χ0n) is 16.1. The monoisotopic (exact) mass is 397 g/mol.